The summed E-state index contributed by atoms with van der Waals surface area (Å²) >= 11 is 0. The molecule has 1 aromatic carbocycles. The van der Waals surface area contributed by atoms with Gasteiger partial charge in [0.2, 0.25) is 0 Å². The minimum atomic E-state index is -0.247. The van der Waals surface area contributed by atoms with Crippen molar-refractivity contribution in [3.8, 4) is 0 Å². The molecular formula is C16H23FN2O2. The van der Waals surface area contributed by atoms with Crippen molar-refractivity contribution >= 4 is 5.69 Å². The van der Waals surface area contributed by atoms with Crippen molar-refractivity contribution < 1.29 is 14.2 Å². The molecule has 0 saturated carbocycles. The van der Waals surface area contributed by atoms with Gasteiger partial charge in [0.15, 0.2) is 0 Å². The molecule has 2 aliphatic rings. The smallest absolute Gasteiger partial charge is 0.146 e. The maximum absolute atomic E-state index is 13.8. The van der Waals surface area contributed by atoms with E-state index in [1.54, 1.807) is 6.07 Å². The highest BCUT2D eigenvalue weighted by Gasteiger charge is 2.27. The van der Waals surface area contributed by atoms with Crippen LogP contribution in [0.3, 0.4) is 0 Å². The summed E-state index contributed by atoms with van der Waals surface area (Å²) in [6.45, 7) is 5.63. The van der Waals surface area contributed by atoms with Crippen LogP contribution in [-0.4, -0.2) is 62.0 Å². The average molecular weight is 294 g/mol. The maximum Gasteiger partial charge on any atom is 0.146 e. The molecule has 21 heavy (non-hydrogen) atoms. The molecular weight excluding hydrogens is 271 g/mol. The van der Waals surface area contributed by atoms with Crippen LogP contribution in [0.4, 0.5) is 10.1 Å². The van der Waals surface area contributed by atoms with Gasteiger partial charge in [-0.1, -0.05) is 12.1 Å². The van der Waals surface area contributed by atoms with Crippen LogP contribution >= 0.6 is 0 Å². The number of para-hydroxylation sites is 1. The second kappa shape index (κ2) is 6.73. The number of ether oxygens (including phenoxy) is 1. The van der Waals surface area contributed by atoms with Gasteiger partial charge in [-0.25, -0.2) is 4.39 Å². The van der Waals surface area contributed by atoms with Crippen molar-refractivity contribution in [2.75, 3.05) is 50.8 Å². The highest BCUT2D eigenvalue weighted by molar-refractivity contribution is 5.47. The number of hydrogen-bond acceptors (Lipinski definition) is 4. The Hall–Kier alpha value is -1.17. The molecule has 2 heterocycles. The lowest BCUT2D eigenvalue weighted by Gasteiger charge is -2.39. The summed E-state index contributed by atoms with van der Waals surface area (Å²) in [5, 5.41) is 10.00. The number of piperazine rings is 1. The van der Waals surface area contributed by atoms with Gasteiger partial charge >= 0.3 is 0 Å². The Morgan fingerprint density at radius 2 is 1.95 bits per heavy atom. The standard InChI is InChI=1S/C16H23FN2O2/c17-14-3-1-2-4-15(14)19-8-6-18(7-9-19)11-13-12-21-10-5-16(13)20/h1-4,13,16,20H,5-12H2. The van der Waals surface area contributed by atoms with E-state index in [1.165, 1.54) is 6.07 Å². The molecule has 0 bridgehead atoms. The van der Waals surface area contributed by atoms with E-state index >= 15 is 0 Å². The number of aliphatic hydroxyl groups is 1. The molecule has 4 nitrogen and oxygen atoms in total. The summed E-state index contributed by atoms with van der Waals surface area (Å²) in [6.07, 6.45) is 0.489. The van der Waals surface area contributed by atoms with Gasteiger partial charge in [0, 0.05) is 45.2 Å². The van der Waals surface area contributed by atoms with Gasteiger partial charge in [-0.2, -0.15) is 0 Å². The highest BCUT2D eigenvalue weighted by atomic mass is 19.1. The van der Waals surface area contributed by atoms with Gasteiger partial charge in [0.1, 0.15) is 5.82 Å². The SMILES string of the molecule is OC1CCOCC1CN1CCN(c2ccccc2F)CC1. The second-order valence-corrected chi connectivity index (χ2v) is 5.93. The largest absolute Gasteiger partial charge is 0.393 e. The summed E-state index contributed by atoms with van der Waals surface area (Å²) in [4.78, 5) is 4.44. The third-order valence-corrected chi connectivity index (χ3v) is 4.49. The number of anilines is 1. The topological polar surface area (TPSA) is 35.9 Å². The van der Waals surface area contributed by atoms with Gasteiger partial charge in [-0.3, -0.25) is 4.90 Å². The fourth-order valence-electron chi connectivity index (χ4n) is 3.17. The van der Waals surface area contributed by atoms with Crippen LogP contribution in [0.25, 0.3) is 0 Å². The monoisotopic (exact) mass is 294 g/mol. The molecule has 0 amide bonds. The lowest BCUT2D eigenvalue weighted by molar-refractivity contribution is -0.0469. The van der Waals surface area contributed by atoms with Crippen molar-refractivity contribution in [1.29, 1.82) is 0 Å². The molecule has 0 radical (unpaired) electrons. The average Bonchev–Trinajstić information content (AvgIpc) is 2.51. The van der Waals surface area contributed by atoms with E-state index in [9.17, 15) is 9.50 Å². The van der Waals surface area contributed by atoms with E-state index in [0.717, 1.165) is 39.1 Å². The van der Waals surface area contributed by atoms with E-state index in [0.29, 0.717) is 18.9 Å². The predicted molar refractivity (Wildman–Crippen MR) is 80.0 cm³/mol. The van der Waals surface area contributed by atoms with Crippen molar-refractivity contribution in [3.63, 3.8) is 0 Å². The quantitative estimate of drug-likeness (QED) is 0.913. The van der Waals surface area contributed by atoms with E-state index in [-0.39, 0.29) is 17.8 Å². The summed E-state index contributed by atoms with van der Waals surface area (Å²) < 4.78 is 19.2. The van der Waals surface area contributed by atoms with E-state index < -0.39 is 0 Å². The molecule has 0 aliphatic carbocycles. The van der Waals surface area contributed by atoms with Gasteiger partial charge in [0.25, 0.3) is 0 Å². The summed E-state index contributed by atoms with van der Waals surface area (Å²) in [5.41, 5.74) is 0.693. The summed E-state index contributed by atoms with van der Waals surface area (Å²) in [6, 6.07) is 6.95. The van der Waals surface area contributed by atoms with E-state index in [4.69, 9.17) is 4.74 Å². The van der Waals surface area contributed by atoms with Crippen molar-refractivity contribution in [3.05, 3.63) is 30.1 Å². The van der Waals surface area contributed by atoms with Crippen LogP contribution in [0.2, 0.25) is 0 Å². The number of aliphatic hydroxyl groups excluding tert-OH is 1. The first-order valence-electron chi connectivity index (χ1n) is 7.71. The van der Waals surface area contributed by atoms with Gasteiger partial charge in [0.05, 0.1) is 18.4 Å². The Morgan fingerprint density at radius 1 is 1.19 bits per heavy atom. The first-order valence-corrected chi connectivity index (χ1v) is 7.71. The van der Waals surface area contributed by atoms with Crippen LogP contribution in [0.1, 0.15) is 6.42 Å². The summed E-state index contributed by atoms with van der Waals surface area (Å²) in [5.74, 6) is 0.0563. The Balaban J connectivity index is 1.52. The molecule has 1 N–H and O–H groups in total. The van der Waals surface area contributed by atoms with Crippen molar-refractivity contribution in [1.82, 2.24) is 4.90 Å². The van der Waals surface area contributed by atoms with Gasteiger partial charge in [-0.15, -0.1) is 0 Å². The maximum atomic E-state index is 13.8. The molecule has 2 atom stereocenters. The Kier molecular flexibility index (Phi) is 4.73. The molecule has 116 valence electrons. The molecule has 1 aromatic rings. The van der Waals surface area contributed by atoms with Crippen molar-refractivity contribution in [2.24, 2.45) is 5.92 Å². The first-order chi connectivity index (χ1) is 10.2. The van der Waals surface area contributed by atoms with Crippen LogP contribution in [0.5, 0.6) is 0 Å². The fourth-order valence-corrected chi connectivity index (χ4v) is 3.17. The molecule has 3 rings (SSSR count). The van der Waals surface area contributed by atoms with Crippen LogP contribution in [0, 0.1) is 11.7 Å². The van der Waals surface area contributed by atoms with Crippen LogP contribution < -0.4 is 4.90 Å². The number of nitrogens with zero attached hydrogens (tertiary/aromatic N) is 2. The highest BCUT2D eigenvalue weighted by Crippen LogP contribution is 2.21. The number of halogens is 1. The first kappa shape index (κ1) is 14.8. The third kappa shape index (κ3) is 3.54. The van der Waals surface area contributed by atoms with E-state index in [1.807, 2.05) is 12.1 Å². The Labute approximate surface area is 125 Å². The lowest BCUT2D eigenvalue weighted by atomic mass is 9.98. The lowest BCUT2D eigenvalue weighted by Crippen LogP contribution is -2.50. The number of hydrogen-bond donors (Lipinski definition) is 1. The van der Waals surface area contributed by atoms with Gasteiger partial charge < -0.3 is 14.7 Å². The van der Waals surface area contributed by atoms with Crippen LogP contribution in [0.15, 0.2) is 24.3 Å². The van der Waals surface area contributed by atoms with E-state index in [2.05, 4.69) is 9.80 Å². The zero-order valence-electron chi connectivity index (χ0n) is 12.2. The molecule has 0 aromatic heterocycles. The molecule has 0 spiro atoms. The molecule has 2 unspecified atom stereocenters. The second-order valence-electron chi connectivity index (χ2n) is 5.93. The number of benzene rings is 1. The summed E-state index contributed by atoms with van der Waals surface area (Å²) in [7, 11) is 0. The predicted octanol–water partition coefficient (Wildman–Crippen LogP) is 1.35. The number of rotatable bonds is 3. The fraction of sp³-hybridized carbons (Fsp3) is 0.625. The molecule has 2 fully saturated rings. The Morgan fingerprint density at radius 3 is 2.67 bits per heavy atom. The minimum Gasteiger partial charge on any atom is -0.393 e. The normalized spacial score (nSPS) is 27.8. The molecule has 5 heteroatoms. The van der Waals surface area contributed by atoms with Gasteiger partial charge in [-0.05, 0) is 18.6 Å². The van der Waals surface area contributed by atoms with Crippen molar-refractivity contribution in [2.45, 2.75) is 12.5 Å². The minimum absolute atomic E-state index is 0.151. The Bertz CT molecular complexity index is 463. The third-order valence-electron chi connectivity index (χ3n) is 4.49. The zero-order valence-corrected chi connectivity index (χ0v) is 12.2. The zero-order chi connectivity index (χ0) is 14.7. The van der Waals surface area contributed by atoms with Crippen LogP contribution in [-0.2, 0) is 4.74 Å². The molecule has 2 saturated heterocycles. The molecule has 2 aliphatic heterocycles.